The Balaban J connectivity index is 2.17. The van der Waals surface area contributed by atoms with E-state index in [1.807, 2.05) is 36.9 Å². The van der Waals surface area contributed by atoms with Gasteiger partial charge in [-0.15, -0.1) is 0 Å². The average Bonchev–Trinajstić information content (AvgIpc) is 2.64. The van der Waals surface area contributed by atoms with Crippen molar-refractivity contribution in [1.82, 2.24) is 14.7 Å². The van der Waals surface area contributed by atoms with Gasteiger partial charge in [0, 0.05) is 25.3 Å². The van der Waals surface area contributed by atoms with Gasteiger partial charge in [0.05, 0.1) is 16.4 Å². The zero-order valence-corrected chi connectivity index (χ0v) is 13.1. The Kier molecular flexibility index (Phi) is 4.35. The van der Waals surface area contributed by atoms with Crippen LogP contribution >= 0.6 is 11.6 Å². The van der Waals surface area contributed by atoms with Gasteiger partial charge in [0.1, 0.15) is 0 Å². The number of nitrogen functional groups attached to an aromatic ring is 1. The highest BCUT2D eigenvalue weighted by molar-refractivity contribution is 6.31. The van der Waals surface area contributed by atoms with Crippen molar-refractivity contribution in [3.05, 3.63) is 46.2 Å². The first-order valence-corrected chi connectivity index (χ1v) is 7.01. The largest absolute Gasteiger partial charge is 0.399 e. The van der Waals surface area contributed by atoms with Gasteiger partial charge in [-0.05, 0) is 38.6 Å². The fourth-order valence-electron chi connectivity index (χ4n) is 2.30. The van der Waals surface area contributed by atoms with Gasteiger partial charge in [0.15, 0.2) is 0 Å². The molecule has 0 radical (unpaired) electrons. The number of benzene rings is 1. The van der Waals surface area contributed by atoms with Crippen LogP contribution < -0.4 is 5.73 Å². The Bertz CT molecular complexity index is 606. The average molecular weight is 293 g/mol. The number of rotatable bonds is 4. The SMILES string of the molecule is Cc1nn(C)c(CN(C)C(C)c2cccc(N)c2)c1Cl. The van der Waals surface area contributed by atoms with Crippen molar-refractivity contribution < 1.29 is 0 Å². The topological polar surface area (TPSA) is 47.1 Å². The summed E-state index contributed by atoms with van der Waals surface area (Å²) in [6.45, 7) is 4.82. The lowest BCUT2D eigenvalue weighted by molar-refractivity contribution is 0.246. The predicted octanol–water partition coefficient (Wildman–Crippen LogP) is 3.16. The lowest BCUT2D eigenvalue weighted by Crippen LogP contribution is -2.23. The number of aryl methyl sites for hydroxylation is 2. The maximum absolute atomic E-state index is 6.30. The number of nitrogens with two attached hydrogens (primary N) is 1. The minimum absolute atomic E-state index is 0.254. The van der Waals surface area contributed by atoms with Gasteiger partial charge in [-0.1, -0.05) is 23.7 Å². The molecule has 0 fully saturated rings. The fourth-order valence-corrected chi connectivity index (χ4v) is 2.52. The van der Waals surface area contributed by atoms with Crippen molar-refractivity contribution in [2.24, 2.45) is 7.05 Å². The van der Waals surface area contributed by atoms with E-state index in [9.17, 15) is 0 Å². The van der Waals surface area contributed by atoms with Crippen LogP contribution in [0.3, 0.4) is 0 Å². The zero-order chi connectivity index (χ0) is 14.9. The van der Waals surface area contributed by atoms with Crippen molar-refractivity contribution >= 4 is 17.3 Å². The van der Waals surface area contributed by atoms with E-state index in [2.05, 4.69) is 30.0 Å². The summed E-state index contributed by atoms with van der Waals surface area (Å²) in [6.07, 6.45) is 0. The number of anilines is 1. The van der Waals surface area contributed by atoms with Crippen LogP contribution in [0.1, 0.15) is 29.9 Å². The molecule has 1 aromatic heterocycles. The number of hydrogen-bond acceptors (Lipinski definition) is 3. The van der Waals surface area contributed by atoms with E-state index in [0.717, 1.165) is 28.6 Å². The molecule has 0 spiro atoms. The van der Waals surface area contributed by atoms with Gasteiger partial charge in [-0.3, -0.25) is 9.58 Å². The molecule has 1 heterocycles. The third-order valence-electron chi connectivity index (χ3n) is 3.72. The number of halogens is 1. The van der Waals surface area contributed by atoms with Gasteiger partial charge in [-0.25, -0.2) is 0 Å². The minimum atomic E-state index is 0.254. The molecule has 2 rings (SSSR count). The van der Waals surface area contributed by atoms with E-state index in [1.54, 1.807) is 0 Å². The van der Waals surface area contributed by atoms with Gasteiger partial charge in [-0.2, -0.15) is 5.10 Å². The van der Waals surface area contributed by atoms with Crippen molar-refractivity contribution in [3.63, 3.8) is 0 Å². The first-order chi connectivity index (χ1) is 9.40. The second-order valence-corrected chi connectivity index (χ2v) is 5.61. The van der Waals surface area contributed by atoms with Crippen molar-refractivity contribution in [2.75, 3.05) is 12.8 Å². The molecule has 2 N–H and O–H groups in total. The molecule has 0 amide bonds. The normalized spacial score (nSPS) is 12.9. The maximum Gasteiger partial charge on any atom is 0.0860 e. The summed E-state index contributed by atoms with van der Waals surface area (Å²) in [6, 6.07) is 8.24. The minimum Gasteiger partial charge on any atom is -0.399 e. The number of hydrogen-bond donors (Lipinski definition) is 1. The molecule has 0 saturated carbocycles. The van der Waals surface area contributed by atoms with Crippen molar-refractivity contribution in [1.29, 1.82) is 0 Å². The van der Waals surface area contributed by atoms with E-state index >= 15 is 0 Å². The summed E-state index contributed by atoms with van der Waals surface area (Å²) in [7, 11) is 4.00. The molecule has 1 atom stereocenters. The summed E-state index contributed by atoms with van der Waals surface area (Å²) in [5.74, 6) is 0. The van der Waals surface area contributed by atoms with Crippen molar-refractivity contribution in [3.8, 4) is 0 Å². The molecule has 108 valence electrons. The first-order valence-electron chi connectivity index (χ1n) is 6.63. The molecule has 2 aromatic rings. The summed E-state index contributed by atoms with van der Waals surface area (Å²) < 4.78 is 1.85. The highest BCUT2D eigenvalue weighted by atomic mass is 35.5. The predicted molar refractivity (Wildman–Crippen MR) is 83.7 cm³/mol. The highest BCUT2D eigenvalue weighted by Gasteiger charge is 2.17. The van der Waals surface area contributed by atoms with E-state index in [0.29, 0.717) is 0 Å². The molecule has 0 aliphatic carbocycles. The maximum atomic E-state index is 6.30. The van der Waals surface area contributed by atoms with Crippen LogP contribution in [0.2, 0.25) is 5.02 Å². The van der Waals surface area contributed by atoms with Crippen LogP contribution in [0.25, 0.3) is 0 Å². The van der Waals surface area contributed by atoms with Gasteiger partial charge < -0.3 is 5.73 Å². The summed E-state index contributed by atoms with van der Waals surface area (Å²) in [5, 5.41) is 5.10. The second kappa shape index (κ2) is 5.85. The second-order valence-electron chi connectivity index (χ2n) is 5.23. The van der Waals surface area contributed by atoms with Crippen LogP contribution in [-0.2, 0) is 13.6 Å². The molecule has 0 aliphatic heterocycles. The Morgan fingerprint density at radius 1 is 1.45 bits per heavy atom. The van der Waals surface area contributed by atoms with Gasteiger partial charge in [0.2, 0.25) is 0 Å². The van der Waals surface area contributed by atoms with Crippen LogP contribution in [-0.4, -0.2) is 21.7 Å². The summed E-state index contributed by atoms with van der Waals surface area (Å²) in [5.41, 5.74) is 9.73. The fraction of sp³-hybridized carbons (Fsp3) is 0.400. The van der Waals surface area contributed by atoms with Crippen LogP contribution in [0.5, 0.6) is 0 Å². The molecule has 20 heavy (non-hydrogen) atoms. The molecule has 0 aliphatic rings. The molecule has 1 unspecified atom stereocenters. The van der Waals surface area contributed by atoms with E-state index in [1.165, 1.54) is 5.56 Å². The Morgan fingerprint density at radius 2 is 2.15 bits per heavy atom. The lowest BCUT2D eigenvalue weighted by Gasteiger charge is -2.25. The van der Waals surface area contributed by atoms with E-state index < -0.39 is 0 Å². The van der Waals surface area contributed by atoms with Gasteiger partial charge in [0.25, 0.3) is 0 Å². The van der Waals surface area contributed by atoms with Crippen LogP contribution in [0, 0.1) is 6.92 Å². The van der Waals surface area contributed by atoms with E-state index in [-0.39, 0.29) is 6.04 Å². The molecule has 4 nitrogen and oxygen atoms in total. The quantitative estimate of drug-likeness (QED) is 0.881. The van der Waals surface area contributed by atoms with E-state index in [4.69, 9.17) is 17.3 Å². The number of nitrogens with zero attached hydrogens (tertiary/aromatic N) is 3. The standard InChI is InChI=1S/C15H21ClN4/c1-10-15(16)14(20(4)18-10)9-19(3)11(2)12-6-5-7-13(17)8-12/h5-8,11H,9,17H2,1-4H3. The first kappa shape index (κ1) is 14.9. The van der Waals surface area contributed by atoms with Crippen LogP contribution in [0.4, 0.5) is 5.69 Å². The molecule has 0 bridgehead atoms. The molecule has 5 heteroatoms. The molecular weight excluding hydrogens is 272 g/mol. The molecular formula is C15H21ClN4. The monoisotopic (exact) mass is 292 g/mol. The summed E-state index contributed by atoms with van der Waals surface area (Å²) in [4.78, 5) is 2.23. The van der Waals surface area contributed by atoms with Crippen LogP contribution in [0.15, 0.2) is 24.3 Å². The molecule has 0 saturated heterocycles. The lowest BCUT2D eigenvalue weighted by atomic mass is 10.1. The zero-order valence-electron chi connectivity index (χ0n) is 12.4. The summed E-state index contributed by atoms with van der Waals surface area (Å²) >= 11 is 6.30. The van der Waals surface area contributed by atoms with Gasteiger partial charge >= 0.3 is 0 Å². The third-order valence-corrected chi connectivity index (χ3v) is 4.21. The smallest absolute Gasteiger partial charge is 0.0860 e. The highest BCUT2D eigenvalue weighted by Crippen LogP contribution is 2.26. The Labute approximate surface area is 125 Å². The van der Waals surface area contributed by atoms with Crippen molar-refractivity contribution in [2.45, 2.75) is 26.4 Å². The third kappa shape index (κ3) is 2.97. The Hall–Kier alpha value is -1.52. The Morgan fingerprint density at radius 3 is 2.70 bits per heavy atom. The number of aromatic nitrogens is 2. The molecule has 1 aromatic carbocycles.